The Kier molecular flexibility index (Phi) is 4.33. The fourth-order valence-electron chi connectivity index (χ4n) is 3.82. The van der Waals surface area contributed by atoms with Gasteiger partial charge in [-0.2, -0.15) is 0 Å². The van der Waals surface area contributed by atoms with Crippen LogP contribution in [0.3, 0.4) is 0 Å². The maximum absolute atomic E-state index is 12.6. The summed E-state index contributed by atoms with van der Waals surface area (Å²) in [6.45, 7) is 0.531. The number of anilines is 1. The van der Waals surface area contributed by atoms with E-state index in [1.165, 1.54) is 24.2 Å². The van der Waals surface area contributed by atoms with Crippen molar-refractivity contribution in [1.82, 2.24) is 9.88 Å². The summed E-state index contributed by atoms with van der Waals surface area (Å²) in [6, 6.07) is 6.03. The molecule has 1 saturated carbocycles. The van der Waals surface area contributed by atoms with E-state index in [2.05, 4.69) is 10.3 Å². The standard InChI is InChI=1S/C18H21N3O3S/c1-24-13-7-4-8-14-16(13)19-18(25-14)20-17(23)11-9-15(22)21(10-11)12-5-2-3-6-12/h4,7-8,11-12H,2-3,5-6,9-10H2,1H3,(H,19,20,23). The van der Waals surface area contributed by atoms with Crippen molar-refractivity contribution < 1.29 is 14.3 Å². The van der Waals surface area contributed by atoms with Crippen molar-refractivity contribution >= 4 is 38.5 Å². The molecule has 1 unspecified atom stereocenters. The molecule has 1 saturated heterocycles. The molecule has 2 heterocycles. The first-order valence-corrected chi connectivity index (χ1v) is 9.51. The summed E-state index contributed by atoms with van der Waals surface area (Å²) in [7, 11) is 1.61. The van der Waals surface area contributed by atoms with Crippen LogP contribution >= 0.6 is 11.3 Å². The molecule has 0 bridgehead atoms. The second kappa shape index (κ2) is 6.63. The summed E-state index contributed by atoms with van der Waals surface area (Å²) in [6.07, 6.45) is 4.80. The molecule has 25 heavy (non-hydrogen) atoms. The molecule has 1 aromatic carbocycles. The maximum Gasteiger partial charge on any atom is 0.231 e. The number of hydrogen-bond donors (Lipinski definition) is 1. The molecular formula is C18H21N3O3S. The van der Waals surface area contributed by atoms with Crippen molar-refractivity contribution in [2.45, 2.75) is 38.1 Å². The Labute approximate surface area is 150 Å². The van der Waals surface area contributed by atoms with Gasteiger partial charge in [0.2, 0.25) is 11.8 Å². The van der Waals surface area contributed by atoms with Crippen molar-refractivity contribution in [3.8, 4) is 5.75 Å². The second-order valence-corrected chi connectivity index (χ2v) is 7.73. The molecule has 0 spiro atoms. The lowest BCUT2D eigenvalue weighted by Crippen LogP contribution is -2.35. The number of nitrogens with one attached hydrogen (secondary N) is 1. The maximum atomic E-state index is 12.6. The first-order valence-electron chi connectivity index (χ1n) is 8.69. The molecule has 132 valence electrons. The summed E-state index contributed by atoms with van der Waals surface area (Å²) in [4.78, 5) is 31.3. The van der Waals surface area contributed by atoms with E-state index in [0.29, 0.717) is 29.9 Å². The third kappa shape index (κ3) is 3.08. The highest BCUT2D eigenvalue weighted by Crippen LogP contribution is 2.33. The minimum atomic E-state index is -0.290. The van der Waals surface area contributed by atoms with Crippen LogP contribution in [0.5, 0.6) is 5.75 Å². The predicted octanol–water partition coefficient (Wildman–Crippen LogP) is 3.03. The lowest BCUT2D eigenvalue weighted by atomic mass is 10.1. The van der Waals surface area contributed by atoms with Gasteiger partial charge in [-0.1, -0.05) is 30.2 Å². The van der Waals surface area contributed by atoms with Gasteiger partial charge >= 0.3 is 0 Å². The number of carbonyl (C=O) groups excluding carboxylic acids is 2. The number of rotatable bonds is 4. The van der Waals surface area contributed by atoms with Crippen molar-refractivity contribution in [1.29, 1.82) is 0 Å². The number of methoxy groups -OCH3 is 1. The smallest absolute Gasteiger partial charge is 0.231 e. The van der Waals surface area contributed by atoms with Gasteiger partial charge in [-0.3, -0.25) is 9.59 Å². The van der Waals surface area contributed by atoms with Crippen LogP contribution in [-0.2, 0) is 9.59 Å². The molecule has 1 aromatic heterocycles. The van der Waals surface area contributed by atoms with Crippen LogP contribution in [0.15, 0.2) is 18.2 Å². The van der Waals surface area contributed by atoms with Crippen LogP contribution in [0, 0.1) is 5.92 Å². The zero-order chi connectivity index (χ0) is 17.4. The van der Waals surface area contributed by atoms with E-state index in [4.69, 9.17) is 4.74 Å². The van der Waals surface area contributed by atoms with E-state index in [0.717, 1.165) is 23.1 Å². The van der Waals surface area contributed by atoms with Crippen molar-refractivity contribution in [3.05, 3.63) is 18.2 Å². The van der Waals surface area contributed by atoms with E-state index in [1.54, 1.807) is 7.11 Å². The normalized spacial score (nSPS) is 21.2. The fraction of sp³-hybridized carbons (Fsp3) is 0.500. The lowest BCUT2D eigenvalue weighted by molar-refractivity contribution is -0.129. The summed E-state index contributed by atoms with van der Waals surface area (Å²) in [5.41, 5.74) is 0.750. The van der Waals surface area contributed by atoms with Crippen molar-refractivity contribution in [3.63, 3.8) is 0 Å². The third-order valence-electron chi connectivity index (χ3n) is 5.13. The van der Waals surface area contributed by atoms with Gasteiger partial charge in [-0.25, -0.2) is 4.98 Å². The first kappa shape index (κ1) is 16.3. The van der Waals surface area contributed by atoms with Crippen LogP contribution < -0.4 is 10.1 Å². The average molecular weight is 359 g/mol. The number of amides is 2. The molecule has 1 N–H and O–H groups in total. The van der Waals surface area contributed by atoms with E-state index in [1.807, 2.05) is 23.1 Å². The van der Waals surface area contributed by atoms with E-state index in [-0.39, 0.29) is 17.7 Å². The number of fused-ring (bicyclic) bond motifs is 1. The van der Waals surface area contributed by atoms with Crippen LogP contribution in [0.4, 0.5) is 5.13 Å². The Hall–Kier alpha value is -2.15. The Balaban J connectivity index is 1.46. The molecular weight excluding hydrogens is 338 g/mol. The van der Waals surface area contributed by atoms with Crippen LogP contribution in [0.1, 0.15) is 32.1 Å². The topological polar surface area (TPSA) is 71.5 Å². The van der Waals surface area contributed by atoms with Gasteiger partial charge in [0, 0.05) is 19.0 Å². The van der Waals surface area contributed by atoms with Gasteiger partial charge in [0.15, 0.2) is 5.13 Å². The summed E-state index contributed by atoms with van der Waals surface area (Å²) in [5, 5.41) is 3.44. The molecule has 7 heteroatoms. The highest BCUT2D eigenvalue weighted by molar-refractivity contribution is 7.22. The Morgan fingerprint density at radius 3 is 2.92 bits per heavy atom. The molecule has 4 rings (SSSR count). The van der Waals surface area contributed by atoms with Crippen LogP contribution in [0.2, 0.25) is 0 Å². The minimum absolute atomic E-state index is 0.109. The minimum Gasteiger partial charge on any atom is -0.494 e. The first-order chi connectivity index (χ1) is 12.2. The summed E-state index contributed by atoms with van der Waals surface area (Å²) in [5.74, 6) is 0.393. The van der Waals surface area contributed by atoms with Gasteiger partial charge in [0.05, 0.1) is 17.7 Å². The van der Waals surface area contributed by atoms with Crippen molar-refractivity contribution in [2.24, 2.45) is 5.92 Å². The molecule has 1 aliphatic heterocycles. The van der Waals surface area contributed by atoms with Gasteiger partial charge in [0.1, 0.15) is 11.3 Å². The zero-order valence-electron chi connectivity index (χ0n) is 14.2. The van der Waals surface area contributed by atoms with Crippen molar-refractivity contribution in [2.75, 3.05) is 19.0 Å². The van der Waals surface area contributed by atoms with E-state index >= 15 is 0 Å². The highest BCUT2D eigenvalue weighted by Gasteiger charge is 2.38. The molecule has 1 aliphatic carbocycles. The molecule has 2 fully saturated rings. The Morgan fingerprint density at radius 1 is 1.36 bits per heavy atom. The Bertz CT molecular complexity index is 813. The number of ether oxygens (including phenoxy) is 1. The number of hydrogen-bond acceptors (Lipinski definition) is 5. The average Bonchev–Trinajstić information content (AvgIpc) is 3.32. The Morgan fingerprint density at radius 2 is 2.16 bits per heavy atom. The number of benzene rings is 1. The third-order valence-corrected chi connectivity index (χ3v) is 6.06. The monoisotopic (exact) mass is 359 g/mol. The van der Waals surface area contributed by atoms with Crippen LogP contribution in [-0.4, -0.2) is 41.4 Å². The van der Waals surface area contributed by atoms with Gasteiger partial charge in [0.25, 0.3) is 0 Å². The lowest BCUT2D eigenvalue weighted by Gasteiger charge is -2.23. The number of para-hydroxylation sites is 1. The largest absolute Gasteiger partial charge is 0.494 e. The van der Waals surface area contributed by atoms with Gasteiger partial charge < -0.3 is 15.0 Å². The molecule has 6 nitrogen and oxygen atoms in total. The van der Waals surface area contributed by atoms with Crippen LogP contribution in [0.25, 0.3) is 10.2 Å². The molecule has 2 aliphatic rings. The SMILES string of the molecule is COc1cccc2sc(NC(=O)C3CC(=O)N(C4CCCC4)C3)nc12. The number of aromatic nitrogens is 1. The second-order valence-electron chi connectivity index (χ2n) is 6.70. The van der Waals surface area contributed by atoms with E-state index < -0.39 is 0 Å². The molecule has 1 atom stereocenters. The quantitative estimate of drug-likeness (QED) is 0.911. The molecule has 2 amide bonds. The van der Waals surface area contributed by atoms with Gasteiger partial charge in [-0.05, 0) is 25.0 Å². The highest BCUT2D eigenvalue weighted by atomic mass is 32.1. The summed E-state index contributed by atoms with van der Waals surface area (Å²) >= 11 is 1.42. The number of carbonyl (C=O) groups is 2. The zero-order valence-corrected chi connectivity index (χ0v) is 15.0. The number of nitrogens with zero attached hydrogens (tertiary/aromatic N) is 2. The fourth-order valence-corrected chi connectivity index (χ4v) is 4.71. The number of likely N-dealkylation sites (tertiary alicyclic amines) is 1. The number of thiazole rings is 1. The molecule has 2 aromatic rings. The summed E-state index contributed by atoms with van der Waals surface area (Å²) < 4.78 is 6.27. The molecule has 0 radical (unpaired) electrons. The predicted molar refractivity (Wildman–Crippen MR) is 96.9 cm³/mol. The van der Waals surface area contributed by atoms with Gasteiger partial charge in [-0.15, -0.1) is 0 Å². The van der Waals surface area contributed by atoms with E-state index in [9.17, 15) is 9.59 Å².